The number of rotatable bonds is 3. The van der Waals surface area contributed by atoms with Gasteiger partial charge in [-0.25, -0.2) is 8.42 Å². The second kappa shape index (κ2) is 5.34. The van der Waals surface area contributed by atoms with Crippen molar-refractivity contribution in [1.82, 2.24) is 0 Å². The minimum absolute atomic E-state index is 0.0966. The van der Waals surface area contributed by atoms with E-state index in [-0.39, 0.29) is 10.6 Å². The molecule has 0 atom stereocenters. The predicted octanol–water partition coefficient (Wildman–Crippen LogP) is 3.34. The van der Waals surface area contributed by atoms with Gasteiger partial charge in [0, 0.05) is 5.02 Å². The number of anilines is 2. The molecule has 2 aromatic rings. The van der Waals surface area contributed by atoms with Crippen molar-refractivity contribution >= 4 is 33.0 Å². The van der Waals surface area contributed by atoms with Crippen molar-refractivity contribution in [1.29, 1.82) is 0 Å². The van der Waals surface area contributed by atoms with Crippen molar-refractivity contribution in [3.05, 3.63) is 52.5 Å². The molecule has 6 heteroatoms. The molecule has 4 nitrogen and oxygen atoms in total. The highest BCUT2D eigenvalue weighted by Gasteiger charge is 2.20. The molecule has 0 aliphatic carbocycles. The van der Waals surface area contributed by atoms with E-state index in [1.54, 1.807) is 50.2 Å². The van der Waals surface area contributed by atoms with Crippen LogP contribution in [-0.2, 0) is 10.0 Å². The Morgan fingerprint density at radius 1 is 1.10 bits per heavy atom. The second-order valence-corrected chi connectivity index (χ2v) is 6.61. The number of nitrogens with two attached hydrogens (primary N) is 1. The summed E-state index contributed by atoms with van der Waals surface area (Å²) in [5.74, 6) is 0. The van der Waals surface area contributed by atoms with Crippen LogP contribution < -0.4 is 10.5 Å². The van der Waals surface area contributed by atoms with Gasteiger partial charge in [0.05, 0.1) is 11.4 Å². The average Bonchev–Trinajstić information content (AvgIpc) is 2.33. The van der Waals surface area contributed by atoms with Gasteiger partial charge in [-0.1, -0.05) is 29.8 Å². The van der Waals surface area contributed by atoms with Crippen molar-refractivity contribution in [2.24, 2.45) is 0 Å². The van der Waals surface area contributed by atoms with Crippen molar-refractivity contribution in [2.45, 2.75) is 18.7 Å². The molecular weight excluding hydrogens is 296 g/mol. The van der Waals surface area contributed by atoms with Crippen LogP contribution in [0.4, 0.5) is 11.4 Å². The van der Waals surface area contributed by atoms with Gasteiger partial charge >= 0.3 is 0 Å². The highest BCUT2D eigenvalue weighted by Crippen LogP contribution is 2.27. The van der Waals surface area contributed by atoms with Crippen LogP contribution in [0.15, 0.2) is 41.3 Å². The summed E-state index contributed by atoms with van der Waals surface area (Å²) in [5, 5.41) is 0.464. The minimum Gasteiger partial charge on any atom is -0.398 e. The van der Waals surface area contributed by atoms with E-state index < -0.39 is 10.0 Å². The zero-order valence-electron chi connectivity index (χ0n) is 11.1. The third-order valence-corrected chi connectivity index (χ3v) is 4.77. The first kappa shape index (κ1) is 14.7. The third-order valence-electron chi connectivity index (χ3n) is 2.96. The van der Waals surface area contributed by atoms with Crippen LogP contribution in [0.2, 0.25) is 5.02 Å². The molecule has 3 N–H and O–H groups in total. The Morgan fingerprint density at radius 3 is 2.45 bits per heavy atom. The van der Waals surface area contributed by atoms with E-state index in [9.17, 15) is 8.42 Å². The van der Waals surface area contributed by atoms with Gasteiger partial charge < -0.3 is 5.73 Å². The van der Waals surface area contributed by atoms with Crippen LogP contribution in [0.25, 0.3) is 0 Å². The molecular formula is C14H15ClN2O2S. The van der Waals surface area contributed by atoms with Crippen LogP contribution in [0.5, 0.6) is 0 Å². The van der Waals surface area contributed by atoms with E-state index in [4.69, 9.17) is 17.3 Å². The number of nitrogen functional groups attached to an aromatic ring is 1. The summed E-state index contributed by atoms with van der Waals surface area (Å²) in [4.78, 5) is 0.0966. The van der Waals surface area contributed by atoms with E-state index in [1.165, 1.54) is 0 Å². The van der Waals surface area contributed by atoms with Crippen molar-refractivity contribution < 1.29 is 8.42 Å². The highest BCUT2D eigenvalue weighted by molar-refractivity contribution is 7.93. The Balaban J connectivity index is 2.49. The number of halogens is 1. The molecule has 0 aromatic heterocycles. The lowest BCUT2D eigenvalue weighted by Crippen LogP contribution is -2.16. The van der Waals surface area contributed by atoms with E-state index in [2.05, 4.69) is 4.72 Å². The molecule has 0 aliphatic rings. The molecule has 0 saturated heterocycles. The molecule has 0 bridgehead atoms. The Morgan fingerprint density at radius 2 is 1.80 bits per heavy atom. The fourth-order valence-corrected chi connectivity index (χ4v) is 3.60. The second-order valence-electron chi connectivity index (χ2n) is 4.56. The number of aryl methyl sites for hydroxylation is 2. The molecule has 0 radical (unpaired) electrons. The van der Waals surface area contributed by atoms with Crippen LogP contribution >= 0.6 is 11.6 Å². The quantitative estimate of drug-likeness (QED) is 0.854. The SMILES string of the molecule is Cc1ccc(Cl)cc1NS(=O)(=O)c1c(C)cccc1N. The summed E-state index contributed by atoms with van der Waals surface area (Å²) in [6, 6.07) is 10.0. The maximum atomic E-state index is 12.5. The zero-order valence-corrected chi connectivity index (χ0v) is 12.7. The van der Waals surface area contributed by atoms with Crippen molar-refractivity contribution in [2.75, 3.05) is 10.5 Å². The molecule has 0 unspecified atom stereocenters. The number of benzene rings is 2. The molecule has 0 spiro atoms. The third kappa shape index (κ3) is 2.89. The largest absolute Gasteiger partial charge is 0.398 e. The van der Waals surface area contributed by atoms with Gasteiger partial charge in [0.25, 0.3) is 10.0 Å². The van der Waals surface area contributed by atoms with Crippen molar-refractivity contribution in [3.63, 3.8) is 0 Å². The van der Waals surface area contributed by atoms with E-state index >= 15 is 0 Å². The first-order valence-corrected chi connectivity index (χ1v) is 7.81. The van der Waals surface area contributed by atoms with Gasteiger partial charge in [0.2, 0.25) is 0 Å². The first-order chi connectivity index (χ1) is 9.31. The lowest BCUT2D eigenvalue weighted by Gasteiger charge is -2.14. The Labute approximate surface area is 123 Å². The molecule has 0 aliphatic heterocycles. The number of hydrogen-bond donors (Lipinski definition) is 2. The maximum absolute atomic E-state index is 12.5. The summed E-state index contributed by atoms with van der Waals surface area (Å²) in [5.41, 5.74) is 7.83. The molecule has 0 saturated carbocycles. The Hall–Kier alpha value is -1.72. The summed E-state index contributed by atoms with van der Waals surface area (Å²) < 4.78 is 27.5. The molecule has 2 aromatic carbocycles. The Bertz CT molecular complexity index is 738. The number of sulfonamides is 1. The lowest BCUT2D eigenvalue weighted by molar-refractivity contribution is 0.601. The normalized spacial score (nSPS) is 11.3. The highest BCUT2D eigenvalue weighted by atomic mass is 35.5. The molecule has 0 heterocycles. The van der Waals surface area contributed by atoms with Crippen LogP contribution in [0, 0.1) is 13.8 Å². The minimum atomic E-state index is -3.75. The van der Waals surface area contributed by atoms with Gasteiger partial charge in [-0.15, -0.1) is 0 Å². The van der Waals surface area contributed by atoms with Gasteiger partial charge in [0.1, 0.15) is 4.90 Å². The molecule has 2 rings (SSSR count). The van der Waals surface area contributed by atoms with Crippen LogP contribution in [0.3, 0.4) is 0 Å². The van der Waals surface area contributed by atoms with Gasteiger partial charge in [-0.3, -0.25) is 4.72 Å². The Kier molecular flexibility index (Phi) is 3.92. The topological polar surface area (TPSA) is 72.2 Å². The van der Waals surface area contributed by atoms with Crippen LogP contribution in [0.1, 0.15) is 11.1 Å². The standard InChI is InChI=1S/C14H15ClN2O2S/c1-9-6-7-11(15)8-13(9)17-20(18,19)14-10(2)4-3-5-12(14)16/h3-8,17H,16H2,1-2H3. The summed E-state index contributed by atoms with van der Waals surface area (Å²) >= 11 is 5.89. The first-order valence-electron chi connectivity index (χ1n) is 5.95. The number of hydrogen-bond acceptors (Lipinski definition) is 3. The predicted molar refractivity (Wildman–Crippen MR) is 82.6 cm³/mol. The van der Waals surface area contributed by atoms with Gasteiger partial charge in [-0.05, 0) is 43.2 Å². The lowest BCUT2D eigenvalue weighted by atomic mass is 10.2. The maximum Gasteiger partial charge on any atom is 0.264 e. The van der Waals surface area contributed by atoms with E-state index in [1.807, 2.05) is 0 Å². The smallest absolute Gasteiger partial charge is 0.264 e. The molecule has 20 heavy (non-hydrogen) atoms. The van der Waals surface area contributed by atoms with Crippen LogP contribution in [-0.4, -0.2) is 8.42 Å². The average molecular weight is 311 g/mol. The van der Waals surface area contributed by atoms with Crippen molar-refractivity contribution in [3.8, 4) is 0 Å². The summed E-state index contributed by atoms with van der Waals surface area (Å²) in [7, 11) is -3.75. The van der Waals surface area contributed by atoms with Gasteiger partial charge in [-0.2, -0.15) is 0 Å². The monoisotopic (exact) mass is 310 g/mol. The summed E-state index contributed by atoms with van der Waals surface area (Å²) in [6.45, 7) is 3.51. The van der Waals surface area contributed by atoms with Gasteiger partial charge in [0.15, 0.2) is 0 Å². The molecule has 106 valence electrons. The van der Waals surface area contributed by atoms with E-state index in [0.717, 1.165) is 5.56 Å². The summed E-state index contributed by atoms with van der Waals surface area (Å²) in [6.07, 6.45) is 0. The fraction of sp³-hybridized carbons (Fsp3) is 0.143. The molecule has 0 amide bonds. The zero-order chi connectivity index (χ0) is 14.9. The fourth-order valence-electron chi connectivity index (χ4n) is 1.94. The number of nitrogens with one attached hydrogen (secondary N) is 1. The molecule has 0 fully saturated rings. The van der Waals surface area contributed by atoms with E-state index in [0.29, 0.717) is 16.3 Å².